The molecule has 25 heavy (non-hydrogen) atoms. The fourth-order valence-corrected chi connectivity index (χ4v) is 3.24. The Morgan fingerprint density at radius 2 is 2.08 bits per heavy atom. The van der Waals surface area contributed by atoms with Gasteiger partial charge < -0.3 is 14.6 Å². The van der Waals surface area contributed by atoms with E-state index in [9.17, 15) is 4.79 Å². The molecule has 1 amide bonds. The van der Waals surface area contributed by atoms with Gasteiger partial charge in [-0.2, -0.15) is 0 Å². The van der Waals surface area contributed by atoms with Gasteiger partial charge in [0.2, 0.25) is 11.8 Å². The molecule has 1 aliphatic carbocycles. The van der Waals surface area contributed by atoms with Crippen LogP contribution in [0.4, 0.5) is 0 Å². The summed E-state index contributed by atoms with van der Waals surface area (Å²) < 4.78 is 11.0. The Morgan fingerprint density at radius 3 is 2.72 bits per heavy atom. The summed E-state index contributed by atoms with van der Waals surface area (Å²) in [7, 11) is 0. The first-order valence-corrected chi connectivity index (χ1v) is 8.75. The highest BCUT2D eigenvalue weighted by Gasteiger charge is 2.24. The number of aromatic nitrogens is 3. The van der Waals surface area contributed by atoms with Crippen molar-refractivity contribution in [3.8, 4) is 5.88 Å². The van der Waals surface area contributed by atoms with Crippen molar-refractivity contribution in [2.75, 3.05) is 0 Å². The number of ether oxygens (including phenoxy) is 1. The highest BCUT2D eigenvalue weighted by molar-refractivity contribution is 5.76. The smallest absolute Gasteiger partial charge is 0.232 e. The second-order valence-corrected chi connectivity index (χ2v) is 6.51. The number of aryl methyl sites for hydroxylation is 2. The maximum absolute atomic E-state index is 12.2. The predicted octanol–water partition coefficient (Wildman–Crippen LogP) is 2.52. The van der Waals surface area contributed by atoms with E-state index in [0.717, 1.165) is 42.7 Å². The molecule has 2 aromatic rings. The second kappa shape index (κ2) is 8.09. The number of hydrogen-bond acceptors (Lipinski definition) is 6. The first-order valence-electron chi connectivity index (χ1n) is 8.75. The quantitative estimate of drug-likeness (QED) is 0.866. The Morgan fingerprint density at radius 1 is 1.28 bits per heavy atom. The molecule has 0 bridgehead atoms. The van der Waals surface area contributed by atoms with Crippen LogP contribution in [0.5, 0.6) is 5.88 Å². The van der Waals surface area contributed by atoms with E-state index in [1.807, 2.05) is 13.8 Å². The van der Waals surface area contributed by atoms with E-state index in [1.54, 1.807) is 18.6 Å². The van der Waals surface area contributed by atoms with Crippen LogP contribution in [-0.2, 0) is 11.2 Å². The average Bonchev–Trinajstić information content (AvgIpc) is 2.94. The van der Waals surface area contributed by atoms with Gasteiger partial charge in [0.1, 0.15) is 11.9 Å². The number of carbonyl (C=O) groups is 1. The van der Waals surface area contributed by atoms with Gasteiger partial charge in [-0.25, -0.2) is 4.98 Å². The van der Waals surface area contributed by atoms with Crippen molar-refractivity contribution in [1.82, 2.24) is 20.4 Å². The van der Waals surface area contributed by atoms with E-state index >= 15 is 0 Å². The summed E-state index contributed by atoms with van der Waals surface area (Å²) in [5.74, 6) is 1.44. The van der Waals surface area contributed by atoms with E-state index < -0.39 is 0 Å². The maximum atomic E-state index is 12.2. The summed E-state index contributed by atoms with van der Waals surface area (Å²) in [5.41, 5.74) is 1.91. The Labute approximate surface area is 147 Å². The third-order valence-corrected chi connectivity index (χ3v) is 4.65. The highest BCUT2D eigenvalue weighted by Crippen LogP contribution is 2.22. The molecule has 0 radical (unpaired) electrons. The molecular formula is C18H24N4O3. The van der Waals surface area contributed by atoms with Crippen molar-refractivity contribution in [2.24, 2.45) is 0 Å². The third-order valence-electron chi connectivity index (χ3n) is 4.65. The molecule has 134 valence electrons. The number of rotatable bonds is 6. The molecule has 0 atom stereocenters. The molecule has 1 N–H and O–H groups in total. The molecule has 7 heteroatoms. The Balaban J connectivity index is 1.39. The van der Waals surface area contributed by atoms with E-state index in [2.05, 4.69) is 20.4 Å². The third kappa shape index (κ3) is 4.78. The fraction of sp³-hybridized carbons (Fsp3) is 0.556. The minimum atomic E-state index is 0.0818. The molecule has 0 saturated heterocycles. The van der Waals surface area contributed by atoms with Gasteiger partial charge in [-0.1, -0.05) is 5.16 Å². The molecule has 0 spiro atoms. The van der Waals surface area contributed by atoms with Crippen molar-refractivity contribution >= 4 is 5.91 Å². The second-order valence-electron chi connectivity index (χ2n) is 6.51. The van der Waals surface area contributed by atoms with Gasteiger partial charge in [0.05, 0.1) is 11.9 Å². The van der Waals surface area contributed by atoms with Crippen LogP contribution >= 0.6 is 0 Å². The first-order chi connectivity index (χ1) is 12.1. The van der Waals surface area contributed by atoms with Crippen molar-refractivity contribution in [3.63, 3.8) is 0 Å². The molecule has 1 saturated carbocycles. The van der Waals surface area contributed by atoms with Gasteiger partial charge in [-0.15, -0.1) is 0 Å². The van der Waals surface area contributed by atoms with Gasteiger partial charge in [-0.3, -0.25) is 9.78 Å². The van der Waals surface area contributed by atoms with E-state index in [-0.39, 0.29) is 18.1 Å². The highest BCUT2D eigenvalue weighted by atomic mass is 16.5. The first kappa shape index (κ1) is 17.4. The Hall–Kier alpha value is -2.44. The van der Waals surface area contributed by atoms with Crippen LogP contribution in [-0.4, -0.2) is 33.2 Å². The van der Waals surface area contributed by atoms with Crippen molar-refractivity contribution in [3.05, 3.63) is 35.6 Å². The van der Waals surface area contributed by atoms with Crippen LogP contribution in [0.25, 0.3) is 0 Å². The minimum Gasteiger partial charge on any atom is -0.473 e. The lowest BCUT2D eigenvalue weighted by Gasteiger charge is -2.29. The van der Waals surface area contributed by atoms with Crippen molar-refractivity contribution in [1.29, 1.82) is 0 Å². The van der Waals surface area contributed by atoms with E-state index in [4.69, 9.17) is 9.26 Å². The SMILES string of the molecule is Cc1noc(C)c1CCC(=O)NC1CCC(Oc2cnccn2)CC1. The molecule has 3 rings (SSSR count). The Kier molecular flexibility index (Phi) is 5.63. The maximum Gasteiger partial charge on any atom is 0.232 e. The van der Waals surface area contributed by atoms with Crippen LogP contribution < -0.4 is 10.1 Å². The minimum absolute atomic E-state index is 0.0818. The molecule has 7 nitrogen and oxygen atoms in total. The molecular weight excluding hydrogens is 320 g/mol. The average molecular weight is 344 g/mol. The summed E-state index contributed by atoms with van der Waals surface area (Å²) in [6.45, 7) is 3.79. The van der Waals surface area contributed by atoms with Crippen LogP contribution in [0, 0.1) is 13.8 Å². The molecule has 0 aliphatic heterocycles. The summed E-state index contributed by atoms with van der Waals surface area (Å²) >= 11 is 0. The summed E-state index contributed by atoms with van der Waals surface area (Å²) in [5, 5.41) is 7.05. The van der Waals surface area contributed by atoms with Crippen LogP contribution in [0.2, 0.25) is 0 Å². The molecule has 1 aliphatic rings. The van der Waals surface area contributed by atoms with Gasteiger partial charge >= 0.3 is 0 Å². The lowest BCUT2D eigenvalue weighted by Crippen LogP contribution is -2.39. The Bertz CT molecular complexity index is 674. The fourth-order valence-electron chi connectivity index (χ4n) is 3.24. The summed E-state index contributed by atoms with van der Waals surface area (Å²) in [6, 6.07) is 0.221. The molecule has 2 heterocycles. The zero-order valence-electron chi connectivity index (χ0n) is 14.7. The van der Waals surface area contributed by atoms with Crippen LogP contribution in [0.1, 0.15) is 49.1 Å². The zero-order valence-corrected chi connectivity index (χ0v) is 14.7. The van der Waals surface area contributed by atoms with Crippen molar-refractivity contribution < 1.29 is 14.1 Å². The van der Waals surface area contributed by atoms with Crippen LogP contribution in [0.15, 0.2) is 23.1 Å². The van der Waals surface area contributed by atoms with E-state index in [0.29, 0.717) is 18.7 Å². The molecule has 0 unspecified atom stereocenters. The van der Waals surface area contributed by atoms with Crippen molar-refractivity contribution in [2.45, 2.75) is 64.5 Å². The van der Waals surface area contributed by atoms with Gasteiger partial charge in [0.15, 0.2) is 0 Å². The largest absolute Gasteiger partial charge is 0.473 e. The van der Waals surface area contributed by atoms with Gasteiger partial charge in [0.25, 0.3) is 0 Å². The monoisotopic (exact) mass is 344 g/mol. The zero-order chi connectivity index (χ0) is 17.6. The van der Waals surface area contributed by atoms with Gasteiger partial charge in [0, 0.05) is 30.4 Å². The summed E-state index contributed by atoms with van der Waals surface area (Å²) in [6.07, 6.45) is 9.80. The topological polar surface area (TPSA) is 90.1 Å². The lowest BCUT2D eigenvalue weighted by atomic mass is 9.92. The predicted molar refractivity (Wildman–Crippen MR) is 91.1 cm³/mol. The number of amides is 1. The number of nitrogens with one attached hydrogen (secondary N) is 1. The number of hydrogen-bond donors (Lipinski definition) is 1. The summed E-state index contributed by atoms with van der Waals surface area (Å²) in [4.78, 5) is 20.3. The number of carbonyl (C=O) groups excluding carboxylic acids is 1. The van der Waals surface area contributed by atoms with Gasteiger partial charge in [-0.05, 0) is 46.0 Å². The molecule has 1 fully saturated rings. The normalized spacial score (nSPS) is 20.2. The lowest BCUT2D eigenvalue weighted by molar-refractivity contribution is -0.122. The standard InChI is InChI=1S/C18H24N4O3/c1-12-16(13(2)25-22-12)7-8-17(23)21-14-3-5-15(6-4-14)24-18-11-19-9-10-20-18/h9-11,14-15H,3-8H2,1-2H3,(H,21,23). The van der Waals surface area contributed by atoms with E-state index in [1.165, 1.54) is 0 Å². The number of nitrogens with zero attached hydrogens (tertiary/aromatic N) is 3. The molecule has 0 aromatic carbocycles. The van der Waals surface area contributed by atoms with Crippen LogP contribution in [0.3, 0.4) is 0 Å². The molecule has 2 aromatic heterocycles.